The van der Waals surface area contributed by atoms with Crippen LogP contribution in [0.5, 0.6) is 0 Å². The summed E-state index contributed by atoms with van der Waals surface area (Å²) in [6, 6.07) is 67.9. The Morgan fingerprint density at radius 2 is 0.460 bits per heavy atom. The second-order valence-corrected chi connectivity index (χ2v) is 28.6. The summed E-state index contributed by atoms with van der Waals surface area (Å²) in [4.78, 5) is 0. The van der Waals surface area contributed by atoms with Gasteiger partial charge in [0.15, 0.2) is 0 Å². The summed E-state index contributed by atoms with van der Waals surface area (Å²) in [6.07, 6.45) is 7.60. The third-order valence-electron chi connectivity index (χ3n) is 8.34. The zero-order valence-corrected chi connectivity index (χ0v) is 35.3. The Morgan fingerprint density at radius 1 is 0.280 bits per heavy atom. The van der Waals surface area contributed by atoms with Crippen LogP contribution in [0.1, 0.15) is 0 Å². The Morgan fingerprint density at radius 3 is 0.680 bits per heavy atom. The van der Waals surface area contributed by atoms with Crippen LogP contribution in [0.15, 0.2) is 182 Å². The third-order valence-corrected chi connectivity index (χ3v) is 19.5. The van der Waals surface area contributed by atoms with E-state index in [1.807, 2.05) is 0 Å². The Hall–Kier alpha value is -1.47. The third kappa shape index (κ3) is 13.2. The van der Waals surface area contributed by atoms with Crippen LogP contribution in [-0.2, 0) is 13.0 Å². The molecule has 0 fully saturated rings. The molecule has 0 amide bonds. The first-order chi connectivity index (χ1) is 24.6. The molecular formula is C42H42Cl3P4Rh. The first kappa shape index (κ1) is 39.7. The Bertz CT molecular complexity index is 1540. The first-order valence-corrected chi connectivity index (χ1v) is 29.4. The van der Waals surface area contributed by atoms with Gasteiger partial charge in [-0.25, -0.2) is 0 Å². The van der Waals surface area contributed by atoms with Crippen molar-refractivity contribution in [2.45, 2.75) is 0 Å². The van der Waals surface area contributed by atoms with Gasteiger partial charge in [0.05, 0.1) is 0 Å². The zero-order chi connectivity index (χ0) is 34.8. The Labute approximate surface area is 322 Å². The van der Waals surface area contributed by atoms with Crippen molar-refractivity contribution >= 4 is 92.6 Å². The van der Waals surface area contributed by atoms with E-state index in [1.165, 1.54) is 58.2 Å². The molecule has 6 rings (SSSR count). The van der Waals surface area contributed by atoms with Crippen LogP contribution in [0, 0.1) is 0 Å². The first-order valence-electron chi connectivity index (χ1n) is 16.6. The molecule has 0 heterocycles. The SMILES string of the molecule is [Cl][Rh]([Cl])[Cl].c1ccc(P(CCP(CCP(c2ccccc2)c2ccccc2)c2ccccc2)CCP(c2ccccc2)c2ccccc2)cc1. The van der Waals surface area contributed by atoms with Crippen LogP contribution in [0.3, 0.4) is 0 Å². The van der Waals surface area contributed by atoms with Crippen LogP contribution in [0.2, 0.25) is 0 Å². The molecule has 0 saturated heterocycles. The summed E-state index contributed by atoms with van der Waals surface area (Å²) < 4.78 is 0. The van der Waals surface area contributed by atoms with Gasteiger partial charge in [-0.1, -0.05) is 198 Å². The van der Waals surface area contributed by atoms with E-state index < -0.39 is 13.0 Å². The predicted molar refractivity (Wildman–Crippen MR) is 231 cm³/mol. The van der Waals surface area contributed by atoms with E-state index in [2.05, 4.69) is 182 Å². The molecule has 0 N–H and O–H groups in total. The summed E-state index contributed by atoms with van der Waals surface area (Å²) in [5, 5.41) is 9.10. The maximum atomic E-state index is 4.94. The minimum atomic E-state index is -1.66. The fourth-order valence-corrected chi connectivity index (χ4v) is 17.8. The molecule has 0 aromatic heterocycles. The summed E-state index contributed by atoms with van der Waals surface area (Å²) in [6.45, 7) is 0. The van der Waals surface area contributed by atoms with Gasteiger partial charge in [0, 0.05) is 0 Å². The van der Waals surface area contributed by atoms with Crippen molar-refractivity contribution in [3.8, 4) is 0 Å². The van der Waals surface area contributed by atoms with E-state index in [0.29, 0.717) is 0 Å². The van der Waals surface area contributed by atoms with Crippen molar-refractivity contribution in [2.75, 3.05) is 37.0 Å². The van der Waals surface area contributed by atoms with Gasteiger partial charge in [-0.05, 0) is 84.6 Å². The number of hydrogen-bond donors (Lipinski definition) is 0. The second-order valence-electron chi connectivity index (χ2n) is 11.4. The molecule has 0 aliphatic carbocycles. The van der Waals surface area contributed by atoms with E-state index in [9.17, 15) is 0 Å². The zero-order valence-electron chi connectivity index (χ0n) is 27.8. The largest absolute Gasteiger partial charge is 0.0746 e. The molecule has 2 atom stereocenters. The number of benzene rings is 6. The normalized spacial score (nSPS) is 12.5. The molecule has 260 valence electrons. The predicted octanol–water partition coefficient (Wildman–Crippen LogP) is 10.9. The average molecular weight is 880 g/mol. The number of hydrogen-bond acceptors (Lipinski definition) is 0. The molecule has 0 radical (unpaired) electrons. The molecule has 0 bridgehead atoms. The van der Waals surface area contributed by atoms with Crippen LogP contribution in [0.4, 0.5) is 0 Å². The standard InChI is InChI=1S/C42H42P4.3ClH.Rh/c1-7-19-37(20-8-1)43(33-35-45(39-23-11-3-12-24-39)40-25-13-4-14-26-40)31-32-44(38-21-9-2-10-22-38)34-36-46(41-27-15-5-16-28-41)42-29-17-6-18-30-42;;;;/h1-30H,31-36H2;3*1H;/q;;;;+3/p-3. The maximum Gasteiger partial charge on any atom is -0.0195 e. The molecule has 6 aromatic carbocycles. The molecule has 50 heavy (non-hydrogen) atoms. The molecule has 0 aliphatic rings. The van der Waals surface area contributed by atoms with Crippen LogP contribution in [0.25, 0.3) is 0 Å². The van der Waals surface area contributed by atoms with E-state index in [4.69, 9.17) is 29.1 Å². The number of halogens is 3. The van der Waals surface area contributed by atoms with Crippen molar-refractivity contribution in [1.82, 2.24) is 0 Å². The van der Waals surface area contributed by atoms with Crippen LogP contribution >= 0.6 is 60.8 Å². The van der Waals surface area contributed by atoms with E-state index in [-0.39, 0.29) is 31.7 Å². The van der Waals surface area contributed by atoms with Crippen LogP contribution < -0.4 is 31.8 Å². The Kier molecular flexibility index (Phi) is 17.9. The molecule has 0 spiro atoms. The molecule has 2 unspecified atom stereocenters. The average Bonchev–Trinajstić information content (AvgIpc) is 3.17. The van der Waals surface area contributed by atoms with Gasteiger partial charge in [-0.15, -0.1) is 0 Å². The van der Waals surface area contributed by atoms with Crippen molar-refractivity contribution in [2.24, 2.45) is 0 Å². The van der Waals surface area contributed by atoms with Crippen LogP contribution in [-0.4, -0.2) is 37.0 Å². The van der Waals surface area contributed by atoms with Crippen molar-refractivity contribution in [3.63, 3.8) is 0 Å². The van der Waals surface area contributed by atoms with E-state index >= 15 is 0 Å². The van der Waals surface area contributed by atoms with Gasteiger partial charge in [0.25, 0.3) is 0 Å². The van der Waals surface area contributed by atoms with Gasteiger partial charge >= 0.3 is 42.1 Å². The molecule has 0 aliphatic heterocycles. The van der Waals surface area contributed by atoms with Crippen molar-refractivity contribution < 1.29 is 13.0 Å². The molecular weight excluding hydrogens is 838 g/mol. The minimum absolute atomic E-state index is 0.268. The molecule has 8 heteroatoms. The molecule has 0 saturated carbocycles. The molecule has 0 nitrogen and oxygen atoms in total. The van der Waals surface area contributed by atoms with Gasteiger partial charge < -0.3 is 0 Å². The smallest absolute Gasteiger partial charge is 0.0195 e. The summed E-state index contributed by atoms with van der Waals surface area (Å²) in [5.74, 6) is 0. The summed E-state index contributed by atoms with van der Waals surface area (Å²) in [5.41, 5.74) is 0. The van der Waals surface area contributed by atoms with Crippen molar-refractivity contribution in [3.05, 3.63) is 182 Å². The van der Waals surface area contributed by atoms with Crippen molar-refractivity contribution in [1.29, 1.82) is 0 Å². The van der Waals surface area contributed by atoms with E-state index in [0.717, 1.165) is 0 Å². The summed E-state index contributed by atoms with van der Waals surface area (Å²) in [7, 11) is 13.5. The van der Waals surface area contributed by atoms with Gasteiger partial charge in [0.1, 0.15) is 0 Å². The topological polar surface area (TPSA) is 0 Å². The fourth-order valence-electron chi connectivity index (χ4n) is 5.95. The van der Waals surface area contributed by atoms with Gasteiger partial charge in [0.2, 0.25) is 0 Å². The molecule has 6 aromatic rings. The second kappa shape index (κ2) is 22.6. The fraction of sp³-hybridized carbons (Fsp3) is 0.143. The van der Waals surface area contributed by atoms with Gasteiger partial charge in [-0.3, -0.25) is 0 Å². The monoisotopic (exact) mass is 878 g/mol. The number of rotatable bonds is 15. The summed E-state index contributed by atoms with van der Waals surface area (Å²) >= 11 is -1.66. The Balaban J connectivity index is 0.00000115. The van der Waals surface area contributed by atoms with E-state index in [1.54, 1.807) is 10.6 Å². The van der Waals surface area contributed by atoms with Gasteiger partial charge in [-0.2, -0.15) is 0 Å². The maximum absolute atomic E-state index is 4.94. The minimum Gasteiger partial charge on any atom is -0.0746 e. The quantitative estimate of drug-likeness (QED) is 0.0712.